The molecule has 3 aliphatic rings. The van der Waals surface area contributed by atoms with Gasteiger partial charge in [0.2, 0.25) is 0 Å². The van der Waals surface area contributed by atoms with Gasteiger partial charge >= 0.3 is 0 Å². The number of nitrogens with zero attached hydrogens (tertiary/aromatic N) is 4. The van der Waals surface area contributed by atoms with Crippen LogP contribution in [0.3, 0.4) is 0 Å². The van der Waals surface area contributed by atoms with Crippen LogP contribution in [0.15, 0.2) is 95.7 Å². The lowest BCUT2D eigenvalue weighted by molar-refractivity contribution is -0.384. The molecule has 3 aromatic carbocycles. The zero-order valence-corrected chi connectivity index (χ0v) is 35.2. The first-order valence-electron chi connectivity index (χ1n) is 22.7. The number of nitro benzene ring substituents is 1. The maximum Gasteiger partial charge on any atom is 0.293 e. The number of hydrogen-bond acceptors (Lipinski definition) is 11. The van der Waals surface area contributed by atoms with E-state index in [9.17, 15) is 23.3 Å². The molecule has 2 aliphatic heterocycles. The molecule has 2 aromatic heterocycles. The average Bonchev–Trinajstić information content (AvgIpc) is 3.75. The minimum atomic E-state index is -4.71. The summed E-state index contributed by atoms with van der Waals surface area (Å²) in [5.74, 6) is -1.22. The second-order valence-electron chi connectivity index (χ2n) is 16.0. The number of fused-ring (bicyclic) bond motifs is 1. The molecule has 320 valence electrons. The topological polar surface area (TPSA) is 172 Å². The van der Waals surface area contributed by atoms with Crippen LogP contribution in [-0.4, -0.2) is 86.6 Å². The third-order valence-electron chi connectivity index (χ3n) is 11.5. The summed E-state index contributed by atoms with van der Waals surface area (Å²) in [6.45, 7) is 1.62. The van der Waals surface area contributed by atoms with Gasteiger partial charge in [-0.2, -0.15) is 0 Å². The van der Waals surface area contributed by atoms with Gasteiger partial charge in [0, 0.05) is 93.7 Å². The molecule has 61 heavy (non-hydrogen) atoms. The molecule has 8 rings (SSSR count). The van der Waals surface area contributed by atoms with Crippen LogP contribution < -0.4 is 19.7 Å². The Morgan fingerprint density at radius 2 is 1.89 bits per heavy atom. The van der Waals surface area contributed by atoms with Crippen molar-refractivity contribution in [1.29, 1.82) is 0 Å². The lowest BCUT2D eigenvalue weighted by Crippen LogP contribution is -2.47. The summed E-state index contributed by atoms with van der Waals surface area (Å²) in [6.07, 6.45) is 5.63. The van der Waals surface area contributed by atoms with Crippen LogP contribution in [0.4, 0.5) is 17.1 Å². The molecular formula is C45H50ClN7O7S. The first-order valence-corrected chi connectivity index (χ1v) is 22.1. The molecule has 0 saturated carbocycles. The Bertz CT molecular complexity index is 2780. The molecule has 1 unspecified atom stereocenters. The van der Waals surface area contributed by atoms with E-state index in [0.29, 0.717) is 94.4 Å². The third kappa shape index (κ3) is 10.0. The predicted molar refractivity (Wildman–Crippen MR) is 237 cm³/mol. The van der Waals surface area contributed by atoms with Crippen LogP contribution in [-0.2, 0) is 14.8 Å². The molecule has 14 nitrogen and oxygen atoms in total. The van der Waals surface area contributed by atoms with Crippen molar-refractivity contribution in [3.63, 3.8) is 0 Å². The van der Waals surface area contributed by atoms with Crippen LogP contribution in [0.5, 0.6) is 11.5 Å². The number of anilines is 2. The number of ether oxygens (including phenoxy) is 2. The van der Waals surface area contributed by atoms with Gasteiger partial charge in [0.05, 0.1) is 21.6 Å². The number of benzene rings is 3. The predicted octanol–water partition coefficient (Wildman–Crippen LogP) is 8.66. The van der Waals surface area contributed by atoms with Gasteiger partial charge in [0.1, 0.15) is 22.8 Å². The fourth-order valence-corrected chi connectivity index (χ4v) is 9.13. The van der Waals surface area contributed by atoms with Crippen molar-refractivity contribution in [1.82, 2.24) is 19.6 Å². The van der Waals surface area contributed by atoms with E-state index in [4.69, 9.17) is 27.9 Å². The molecule has 3 N–H and O–H groups in total. The second-order valence-corrected chi connectivity index (χ2v) is 18.1. The van der Waals surface area contributed by atoms with E-state index in [1.807, 2.05) is 35.9 Å². The van der Waals surface area contributed by atoms with Gasteiger partial charge in [0.15, 0.2) is 0 Å². The molecule has 0 spiro atoms. The number of carbonyl (C=O) groups excluding carboxylic acids is 1. The number of aromatic nitrogens is 2. The number of nitro groups is 1. The Kier molecular flexibility index (Phi) is 10.6. The van der Waals surface area contributed by atoms with Gasteiger partial charge in [-0.25, -0.2) is 18.1 Å². The van der Waals surface area contributed by atoms with E-state index in [1.165, 1.54) is 17.8 Å². The summed E-state index contributed by atoms with van der Waals surface area (Å²) < 4.78 is 83.1. The fraction of sp³-hybridized carbons (Fsp3) is 0.378. The van der Waals surface area contributed by atoms with Crippen molar-refractivity contribution in [3.05, 3.63) is 117 Å². The van der Waals surface area contributed by atoms with Crippen LogP contribution in [0.25, 0.3) is 16.6 Å². The molecule has 16 heteroatoms. The molecule has 0 bridgehead atoms. The monoisotopic (exact) mass is 872 g/mol. The van der Waals surface area contributed by atoms with Gasteiger partial charge < -0.3 is 24.7 Å². The van der Waals surface area contributed by atoms with Crippen molar-refractivity contribution in [2.75, 3.05) is 62.7 Å². The maximum absolute atomic E-state index is 14.0. The number of nitrogens with one attached hydrogen (secondary N) is 3. The number of halogens is 1. The van der Waals surface area contributed by atoms with Crippen molar-refractivity contribution in [3.8, 4) is 11.5 Å². The number of H-pyrrole nitrogens is 1. The van der Waals surface area contributed by atoms with E-state index in [1.54, 1.807) is 30.5 Å². The summed E-state index contributed by atoms with van der Waals surface area (Å²) in [6, 6.07) is 18.9. The van der Waals surface area contributed by atoms with E-state index in [0.717, 1.165) is 34.7 Å². The first kappa shape index (κ1) is 36.2. The Morgan fingerprint density at radius 3 is 2.64 bits per heavy atom. The Hall–Kier alpha value is -5.48. The van der Waals surface area contributed by atoms with Crippen molar-refractivity contribution in [2.45, 2.75) is 50.8 Å². The molecule has 4 heterocycles. The van der Waals surface area contributed by atoms with Crippen LogP contribution in [0.2, 0.25) is 5.02 Å². The summed E-state index contributed by atoms with van der Waals surface area (Å²) in [4.78, 5) is 36.6. The number of hydrogen-bond donors (Lipinski definition) is 3. The number of amides is 1. The largest absolute Gasteiger partial charge is 0.455 e. The lowest BCUT2D eigenvalue weighted by Gasteiger charge is -2.39. The molecule has 1 aliphatic carbocycles. The Labute approximate surface area is 367 Å². The maximum atomic E-state index is 14.0. The highest BCUT2D eigenvalue weighted by Crippen LogP contribution is 2.43. The van der Waals surface area contributed by atoms with Gasteiger partial charge in [0.25, 0.3) is 21.6 Å². The summed E-state index contributed by atoms with van der Waals surface area (Å²) in [5.41, 5.74) is 2.67. The SMILES string of the molecule is [2H]C([2H])(Nc1ccc(S(=O)(=O)NC(=O)c2ccc(N3CCN(CC4=C(c5ccc(Cl)cc5)CC(C)(C([2H])([2H])[2H])CC4)CC3)cc2Oc2cnc3[nH]ccc3c2)cc1[N+](=O)[O-])C1CCOCC1. The average molecular weight is 873 g/mol. The molecule has 1 amide bonds. The molecule has 1 atom stereocenters. The summed E-state index contributed by atoms with van der Waals surface area (Å²) in [7, 11) is -4.71. The highest BCUT2D eigenvalue weighted by Gasteiger charge is 2.31. The first-order chi connectivity index (χ1) is 31.3. The second kappa shape index (κ2) is 17.9. The molecular weight excluding hydrogens is 818 g/mol. The highest BCUT2D eigenvalue weighted by molar-refractivity contribution is 7.90. The standard InChI is InChI=1S/C45H50ClN7O7S/c1-45(2)15-11-33(39(26-45)31-3-5-34(46)6-4-31)29-51-17-19-52(20-18-51)35-7-9-38(42(24-35)60-36-23-32-12-16-47-43(32)49-28-36)44(54)50-61(57,58)37-8-10-40(41(25-37)53(55)56)48-27-30-13-21-59-22-14-30/h3-10,12,16,23-25,28,30,48H,11,13-15,17-22,26-27,29H2,1-2H3,(H,47,49)(H,50,54)/i1D3,27D2. The van der Waals surface area contributed by atoms with Crippen LogP contribution in [0.1, 0.15) is 68.7 Å². The van der Waals surface area contributed by atoms with Crippen molar-refractivity contribution >= 4 is 61.2 Å². The molecule has 5 aromatic rings. The zero-order chi connectivity index (χ0) is 47.0. The molecule has 2 saturated heterocycles. The molecule has 0 radical (unpaired) electrons. The Morgan fingerprint density at radius 1 is 1.10 bits per heavy atom. The normalized spacial score (nSPS) is 20.9. The van der Waals surface area contributed by atoms with E-state index in [2.05, 4.69) is 25.1 Å². The zero-order valence-electron chi connectivity index (χ0n) is 38.6. The lowest BCUT2D eigenvalue weighted by atomic mass is 9.72. The number of allylic oxidation sites excluding steroid dienone is 1. The van der Waals surface area contributed by atoms with Crippen LogP contribution in [0, 0.1) is 21.4 Å². The summed E-state index contributed by atoms with van der Waals surface area (Å²) >= 11 is 6.22. The number of rotatable bonds is 13. The van der Waals surface area contributed by atoms with Gasteiger partial charge in [-0.05, 0) is 103 Å². The molecule has 2 fully saturated rings. The number of aromatic amines is 1. The number of pyridine rings is 1. The van der Waals surface area contributed by atoms with E-state index < -0.39 is 56.1 Å². The van der Waals surface area contributed by atoms with E-state index >= 15 is 0 Å². The van der Waals surface area contributed by atoms with E-state index in [-0.39, 0.29) is 22.7 Å². The third-order valence-corrected chi connectivity index (χ3v) is 13.0. The van der Waals surface area contributed by atoms with Gasteiger partial charge in [-0.15, -0.1) is 0 Å². The van der Waals surface area contributed by atoms with Gasteiger partial charge in [-0.3, -0.25) is 19.8 Å². The minimum Gasteiger partial charge on any atom is -0.455 e. The quantitative estimate of drug-likeness (QED) is 0.0764. The minimum absolute atomic E-state index is 0.0393. The van der Waals surface area contributed by atoms with Crippen molar-refractivity contribution in [2.24, 2.45) is 11.3 Å². The highest BCUT2D eigenvalue weighted by atomic mass is 35.5. The number of sulfonamides is 1. The van der Waals surface area contributed by atoms with Crippen LogP contribution >= 0.6 is 11.6 Å². The summed E-state index contributed by atoms with van der Waals surface area (Å²) in [5, 5.41) is 16.1. The number of carbonyl (C=O) groups is 1. The van der Waals surface area contributed by atoms with Gasteiger partial charge in [-0.1, -0.05) is 43.1 Å². The van der Waals surface area contributed by atoms with Crippen molar-refractivity contribution < 1.29 is 34.5 Å². The number of piperazine rings is 1. The smallest absolute Gasteiger partial charge is 0.293 e. The Balaban J connectivity index is 1.02. The fourth-order valence-electron chi connectivity index (χ4n) is 8.02.